The van der Waals surface area contributed by atoms with E-state index in [1.54, 1.807) is 0 Å². The van der Waals surface area contributed by atoms with Crippen LogP contribution < -0.4 is 5.32 Å². The molecule has 0 aromatic carbocycles. The highest BCUT2D eigenvalue weighted by atomic mass is 19.1. The normalized spacial score (nSPS) is 11.9. The molecule has 1 aromatic heterocycles. The van der Waals surface area contributed by atoms with Gasteiger partial charge >= 0.3 is 0 Å². The maximum atomic E-state index is 12.8. The van der Waals surface area contributed by atoms with E-state index < -0.39 is 5.95 Å². The molecular weight excluding hydrogens is 193 g/mol. The van der Waals surface area contributed by atoms with E-state index in [0.29, 0.717) is 11.7 Å². The van der Waals surface area contributed by atoms with Gasteiger partial charge in [-0.1, -0.05) is 27.7 Å². The van der Waals surface area contributed by atoms with Crippen LogP contribution in [0.25, 0.3) is 0 Å². The van der Waals surface area contributed by atoms with Crippen LogP contribution in [0.2, 0.25) is 0 Å². The zero-order valence-electron chi connectivity index (χ0n) is 9.71. The molecule has 0 atom stereocenters. The van der Waals surface area contributed by atoms with E-state index in [2.05, 4.69) is 43.0 Å². The van der Waals surface area contributed by atoms with Crippen molar-refractivity contribution in [2.45, 2.75) is 27.7 Å². The molecule has 0 fully saturated rings. The van der Waals surface area contributed by atoms with Crippen molar-refractivity contribution in [2.75, 3.05) is 11.9 Å². The van der Waals surface area contributed by atoms with E-state index in [1.807, 2.05) is 0 Å². The van der Waals surface area contributed by atoms with Crippen molar-refractivity contribution in [1.29, 1.82) is 0 Å². The van der Waals surface area contributed by atoms with Crippen LogP contribution in [0.5, 0.6) is 0 Å². The molecule has 1 rings (SSSR count). The largest absolute Gasteiger partial charge is 0.369 e. The molecule has 0 saturated heterocycles. The fourth-order valence-corrected chi connectivity index (χ4v) is 0.953. The lowest BCUT2D eigenvalue weighted by atomic mass is 9.81. The molecule has 0 saturated carbocycles. The van der Waals surface area contributed by atoms with Gasteiger partial charge in [0.1, 0.15) is 12.1 Å². The Morgan fingerprint density at radius 3 is 2.60 bits per heavy atom. The summed E-state index contributed by atoms with van der Waals surface area (Å²) in [6.07, 6.45) is 1.22. The quantitative estimate of drug-likeness (QED) is 0.778. The van der Waals surface area contributed by atoms with Crippen molar-refractivity contribution in [3.8, 4) is 0 Å². The van der Waals surface area contributed by atoms with Crippen LogP contribution in [0.1, 0.15) is 27.7 Å². The third-order valence-electron chi connectivity index (χ3n) is 2.92. The third kappa shape index (κ3) is 3.46. The van der Waals surface area contributed by atoms with Gasteiger partial charge in [-0.15, -0.1) is 0 Å². The minimum absolute atomic E-state index is 0.154. The highest BCUT2D eigenvalue weighted by molar-refractivity contribution is 5.32. The number of nitrogens with one attached hydrogen (secondary N) is 1. The van der Waals surface area contributed by atoms with Gasteiger partial charge in [0, 0.05) is 12.6 Å². The van der Waals surface area contributed by atoms with E-state index in [1.165, 1.54) is 12.4 Å². The van der Waals surface area contributed by atoms with Crippen molar-refractivity contribution in [2.24, 2.45) is 11.3 Å². The molecule has 4 heteroatoms. The number of nitrogens with zero attached hydrogens (tertiary/aromatic N) is 2. The minimum Gasteiger partial charge on any atom is -0.369 e. The lowest BCUT2D eigenvalue weighted by Gasteiger charge is -2.29. The van der Waals surface area contributed by atoms with E-state index in [-0.39, 0.29) is 5.41 Å². The summed E-state index contributed by atoms with van der Waals surface area (Å²) in [6, 6.07) is 1.30. The molecular formula is C11H18FN3. The molecule has 1 heterocycles. The zero-order chi connectivity index (χ0) is 11.5. The summed E-state index contributed by atoms with van der Waals surface area (Å²) in [7, 11) is 0. The highest BCUT2D eigenvalue weighted by Gasteiger charge is 2.21. The Morgan fingerprint density at radius 2 is 2.07 bits per heavy atom. The Bertz CT molecular complexity index is 323. The SMILES string of the molecule is CC(C)C(C)(C)CNc1cc(F)ncn1. The Hall–Kier alpha value is -1.19. The molecule has 1 aromatic rings. The van der Waals surface area contributed by atoms with Crippen LogP contribution in [0.4, 0.5) is 10.2 Å². The molecule has 0 amide bonds. The monoisotopic (exact) mass is 211 g/mol. The van der Waals surface area contributed by atoms with Crippen molar-refractivity contribution in [3.05, 3.63) is 18.3 Å². The van der Waals surface area contributed by atoms with Crippen molar-refractivity contribution < 1.29 is 4.39 Å². The average molecular weight is 211 g/mol. The molecule has 0 aliphatic rings. The minimum atomic E-state index is -0.505. The fourth-order valence-electron chi connectivity index (χ4n) is 0.953. The van der Waals surface area contributed by atoms with Crippen molar-refractivity contribution in [3.63, 3.8) is 0 Å². The number of rotatable bonds is 4. The molecule has 1 N–H and O–H groups in total. The Kier molecular flexibility index (Phi) is 3.61. The molecule has 15 heavy (non-hydrogen) atoms. The molecule has 0 aliphatic heterocycles. The van der Waals surface area contributed by atoms with Gasteiger partial charge in [0.25, 0.3) is 0 Å². The van der Waals surface area contributed by atoms with Crippen LogP contribution in [0.3, 0.4) is 0 Å². The first-order valence-corrected chi connectivity index (χ1v) is 5.13. The highest BCUT2D eigenvalue weighted by Crippen LogP contribution is 2.25. The summed E-state index contributed by atoms with van der Waals surface area (Å²) >= 11 is 0. The molecule has 0 unspecified atom stereocenters. The molecule has 0 spiro atoms. The average Bonchev–Trinajstić information content (AvgIpc) is 2.15. The summed E-state index contributed by atoms with van der Waals surface area (Å²) < 4.78 is 12.8. The third-order valence-corrected chi connectivity index (χ3v) is 2.92. The lowest BCUT2D eigenvalue weighted by molar-refractivity contribution is 0.269. The second kappa shape index (κ2) is 4.55. The van der Waals surface area contributed by atoms with Gasteiger partial charge in [-0.3, -0.25) is 0 Å². The summed E-state index contributed by atoms with van der Waals surface area (Å²) in [6.45, 7) is 9.44. The summed E-state index contributed by atoms with van der Waals surface area (Å²) in [4.78, 5) is 7.34. The Labute approximate surface area is 90.1 Å². The standard InChI is InChI=1S/C11H18FN3/c1-8(2)11(3,4)6-13-10-5-9(12)14-7-15-10/h5,7-8H,6H2,1-4H3,(H,13,14,15). The number of halogens is 1. The topological polar surface area (TPSA) is 37.8 Å². The Balaban J connectivity index is 2.57. The van der Waals surface area contributed by atoms with Gasteiger partial charge in [-0.25, -0.2) is 9.97 Å². The van der Waals surface area contributed by atoms with Gasteiger partial charge in [-0.05, 0) is 11.3 Å². The van der Waals surface area contributed by atoms with Crippen LogP contribution in [-0.2, 0) is 0 Å². The van der Waals surface area contributed by atoms with E-state index in [9.17, 15) is 4.39 Å². The van der Waals surface area contributed by atoms with E-state index >= 15 is 0 Å². The van der Waals surface area contributed by atoms with Gasteiger partial charge in [0.15, 0.2) is 0 Å². The number of hydrogen-bond acceptors (Lipinski definition) is 3. The lowest BCUT2D eigenvalue weighted by Crippen LogP contribution is -2.28. The van der Waals surface area contributed by atoms with Gasteiger partial charge in [0.05, 0.1) is 0 Å². The smallest absolute Gasteiger partial charge is 0.217 e. The summed E-state index contributed by atoms with van der Waals surface area (Å²) in [5.41, 5.74) is 0.154. The predicted molar refractivity (Wildman–Crippen MR) is 59.1 cm³/mol. The summed E-state index contributed by atoms with van der Waals surface area (Å²) in [5, 5.41) is 3.12. The zero-order valence-corrected chi connectivity index (χ0v) is 9.71. The van der Waals surface area contributed by atoms with Gasteiger partial charge in [-0.2, -0.15) is 4.39 Å². The predicted octanol–water partition coefficient (Wildman–Crippen LogP) is 2.71. The molecule has 3 nitrogen and oxygen atoms in total. The van der Waals surface area contributed by atoms with Crippen LogP contribution in [-0.4, -0.2) is 16.5 Å². The second-order valence-electron chi connectivity index (χ2n) is 4.72. The Morgan fingerprint density at radius 1 is 1.40 bits per heavy atom. The maximum Gasteiger partial charge on any atom is 0.217 e. The van der Waals surface area contributed by atoms with Crippen LogP contribution in [0, 0.1) is 17.3 Å². The van der Waals surface area contributed by atoms with E-state index in [4.69, 9.17) is 0 Å². The first-order chi connectivity index (χ1) is 6.92. The summed E-state index contributed by atoms with van der Waals surface area (Å²) in [5.74, 6) is 0.586. The molecule has 0 aliphatic carbocycles. The van der Waals surface area contributed by atoms with Crippen LogP contribution >= 0.6 is 0 Å². The first kappa shape index (κ1) is 11.9. The molecule has 0 bridgehead atoms. The van der Waals surface area contributed by atoms with Crippen molar-refractivity contribution in [1.82, 2.24) is 9.97 Å². The van der Waals surface area contributed by atoms with Gasteiger partial charge in [0.2, 0.25) is 5.95 Å². The first-order valence-electron chi connectivity index (χ1n) is 5.13. The fraction of sp³-hybridized carbons (Fsp3) is 0.636. The number of aromatic nitrogens is 2. The maximum absolute atomic E-state index is 12.8. The van der Waals surface area contributed by atoms with E-state index in [0.717, 1.165) is 6.54 Å². The number of hydrogen-bond donors (Lipinski definition) is 1. The van der Waals surface area contributed by atoms with Gasteiger partial charge < -0.3 is 5.32 Å². The molecule has 0 radical (unpaired) electrons. The number of anilines is 1. The van der Waals surface area contributed by atoms with Crippen molar-refractivity contribution >= 4 is 5.82 Å². The van der Waals surface area contributed by atoms with Crippen LogP contribution in [0.15, 0.2) is 12.4 Å². The molecule has 84 valence electrons. The second-order valence-corrected chi connectivity index (χ2v) is 4.72.